The number of fused-ring (bicyclic) bond motifs is 1. The molecule has 2 rings (SSSR count). The highest BCUT2D eigenvalue weighted by Crippen LogP contribution is 2.42. The van der Waals surface area contributed by atoms with Crippen LogP contribution in [-0.4, -0.2) is 67.2 Å². The Balaban J connectivity index is 2.31. The van der Waals surface area contributed by atoms with E-state index in [9.17, 15) is 14.2 Å². The molecule has 2 aromatic rings. The van der Waals surface area contributed by atoms with E-state index in [0.29, 0.717) is 17.7 Å². The summed E-state index contributed by atoms with van der Waals surface area (Å²) in [5.74, 6) is -0.797. The second-order valence-corrected chi connectivity index (χ2v) is 14.2. The summed E-state index contributed by atoms with van der Waals surface area (Å²) in [5, 5.41) is 6.10. The number of hydrogen-bond donors (Lipinski definition) is 3. The Morgan fingerprint density at radius 2 is 1.65 bits per heavy atom. The van der Waals surface area contributed by atoms with Gasteiger partial charge < -0.3 is 24.5 Å². The van der Waals surface area contributed by atoms with Gasteiger partial charge in [0.2, 0.25) is 7.44 Å². The van der Waals surface area contributed by atoms with E-state index in [1.54, 1.807) is 52.4 Å². The summed E-state index contributed by atoms with van der Waals surface area (Å²) >= 11 is 0. The van der Waals surface area contributed by atoms with Crippen LogP contribution in [0.2, 0.25) is 0 Å². The van der Waals surface area contributed by atoms with Gasteiger partial charge in [-0.05, 0) is 61.3 Å². The van der Waals surface area contributed by atoms with Crippen molar-refractivity contribution in [3.8, 4) is 0 Å². The molecule has 0 aliphatic heterocycles. The van der Waals surface area contributed by atoms with E-state index in [1.807, 2.05) is 27.7 Å². The van der Waals surface area contributed by atoms with Gasteiger partial charge in [0, 0.05) is 6.04 Å². The summed E-state index contributed by atoms with van der Waals surface area (Å²) in [6.07, 6.45) is 2.03. The fourth-order valence-electron chi connectivity index (χ4n) is 3.89. The van der Waals surface area contributed by atoms with Gasteiger partial charge in [0.15, 0.2) is 11.5 Å². The van der Waals surface area contributed by atoms with Gasteiger partial charge in [-0.2, -0.15) is 0 Å². The first-order chi connectivity index (χ1) is 18.3. The zero-order valence-electron chi connectivity index (χ0n) is 25.3. The summed E-state index contributed by atoms with van der Waals surface area (Å²) in [6, 6.07) is -0.523. The predicted octanol–water partition coefficient (Wildman–Crippen LogP) is 3.63. The van der Waals surface area contributed by atoms with Gasteiger partial charge in [-0.25, -0.2) is 25.1 Å². The topological polar surface area (TPSA) is 173 Å². The number of rotatable bonds is 15. The summed E-state index contributed by atoms with van der Waals surface area (Å²) < 4.78 is 33.2. The fourth-order valence-corrected chi connectivity index (χ4v) is 6.54. The van der Waals surface area contributed by atoms with Crippen molar-refractivity contribution in [3.63, 3.8) is 0 Å². The largest absolute Gasteiger partial charge is 0.463 e. The Hall–Kier alpha value is -2.60. The van der Waals surface area contributed by atoms with E-state index in [-0.39, 0.29) is 36.7 Å². The first-order valence-electron chi connectivity index (χ1n) is 13.5. The molecule has 2 aromatic heterocycles. The van der Waals surface area contributed by atoms with E-state index in [4.69, 9.17) is 19.9 Å². The van der Waals surface area contributed by atoms with Crippen LogP contribution < -0.4 is 15.9 Å². The second-order valence-electron chi connectivity index (χ2n) is 12.0. The molecule has 40 heavy (non-hydrogen) atoms. The SMILES string of the molecule is CC(C)OC(=O)C[C@H](N[P@@](=O)(COC(C)(C)Cn1cnc2c(N)ncnc21)NC(C)(C)C(=O)OC(C)C)C(C)C. The van der Waals surface area contributed by atoms with Crippen LogP contribution in [0.3, 0.4) is 0 Å². The third-order valence-electron chi connectivity index (χ3n) is 5.86. The van der Waals surface area contributed by atoms with Gasteiger partial charge in [0.1, 0.15) is 23.7 Å². The zero-order valence-corrected chi connectivity index (χ0v) is 26.2. The number of carbonyl (C=O) groups excluding carboxylic acids is 2. The molecule has 226 valence electrons. The normalized spacial score (nSPS) is 15.0. The summed E-state index contributed by atoms with van der Waals surface area (Å²) in [4.78, 5) is 37.9. The van der Waals surface area contributed by atoms with Crippen LogP contribution in [0, 0.1) is 5.92 Å². The minimum Gasteiger partial charge on any atom is -0.463 e. The monoisotopic (exact) mass is 583 g/mol. The fraction of sp³-hybridized carbons (Fsp3) is 0.731. The molecule has 0 saturated heterocycles. The van der Waals surface area contributed by atoms with Crippen LogP contribution in [0.4, 0.5) is 5.82 Å². The third kappa shape index (κ3) is 9.79. The Labute approximate surface area is 236 Å². The number of nitrogens with two attached hydrogens (primary N) is 1. The molecule has 14 heteroatoms. The van der Waals surface area contributed by atoms with Crippen LogP contribution in [0.25, 0.3) is 11.2 Å². The third-order valence-corrected chi connectivity index (χ3v) is 8.03. The molecular weight excluding hydrogens is 537 g/mol. The number of imidazole rings is 1. The molecule has 0 amide bonds. The van der Waals surface area contributed by atoms with Crippen molar-refractivity contribution in [2.75, 3.05) is 12.1 Å². The molecule has 0 saturated carbocycles. The van der Waals surface area contributed by atoms with Crippen molar-refractivity contribution in [3.05, 3.63) is 12.7 Å². The van der Waals surface area contributed by atoms with Gasteiger partial charge in [0.05, 0.1) is 37.1 Å². The molecule has 0 unspecified atom stereocenters. The average Bonchev–Trinajstić information content (AvgIpc) is 3.19. The summed E-state index contributed by atoms with van der Waals surface area (Å²) in [6.45, 7) is 18.0. The van der Waals surface area contributed by atoms with Crippen LogP contribution in [0.5, 0.6) is 0 Å². The number of aromatic nitrogens is 4. The lowest BCUT2D eigenvalue weighted by atomic mass is 10.0. The minimum absolute atomic E-state index is 0.00999. The van der Waals surface area contributed by atoms with Crippen molar-refractivity contribution in [2.24, 2.45) is 5.92 Å². The molecule has 0 aliphatic rings. The molecule has 0 bridgehead atoms. The predicted molar refractivity (Wildman–Crippen MR) is 153 cm³/mol. The first kappa shape index (κ1) is 33.6. The molecule has 4 N–H and O–H groups in total. The Morgan fingerprint density at radius 3 is 2.23 bits per heavy atom. The lowest BCUT2D eigenvalue weighted by molar-refractivity contribution is -0.153. The van der Waals surface area contributed by atoms with Crippen molar-refractivity contribution in [2.45, 2.75) is 112 Å². The molecule has 0 aromatic carbocycles. The van der Waals surface area contributed by atoms with Crippen molar-refractivity contribution in [1.82, 2.24) is 29.7 Å². The number of anilines is 1. The molecule has 2 atom stereocenters. The molecule has 0 fully saturated rings. The lowest BCUT2D eigenvalue weighted by Gasteiger charge is -2.36. The standard InChI is InChI=1S/C26H46N7O6P/c1-16(2)19(11-20(34)38-17(3)4)31-40(36,32-26(9,10)24(35)39-18(5)6)15-37-25(7,8)12-33-14-30-21-22(27)28-13-29-23(21)33/h13-14,16-19H,11-12,15H2,1-10H3,(H2,27,28,29)(H2,31,32,36)/t19-,40-/m0/s1. The number of hydrogen-bond acceptors (Lipinski definition) is 10. The lowest BCUT2D eigenvalue weighted by Crippen LogP contribution is -2.51. The number of ether oxygens (including phenoxy) is 3. The number of nitrogens with one attached hydrogen (secondary N) is 2. The minimum atomic E-state index is -3.68. The summed E-state index contributed by atoms with van der Waals surface area (Å²) in [5.41, 5.74) is 4.76. The maximum Gasteiger partial charge on any atom is 0.326 e. The first-order valence-corrected chi connectivity index (χ1v) is 15.4. The van der Waals surface area contributed by atoms with Crippen molar-refractivity contribution >= 4 is 36.4 Å². The van der Waals surface area contributed by atoms with Gasteiger partial charge >= 0.3 is 11.9 Å². The Bertz CT molecular complexity index is 1210. The Morgan fingerprint density at radius 1 is 1.02 bits per heavy atom. The molecule has 0 radical (unpaired) electrons. The van der Waals surface area contributed by atoms with Crippen molar-refractivity contribution < 1.29 is 28.4 Å². The van der Waals surface area contributed by atoms with E-state index in [1.165, 1.54) is 6.33 Å². The molecule has 0 spiro atoms. The molecular formula is C26H46N7O6P. The van der Waals surface area contributed by atoms with Crippen LogP contribution >= 0.6 is 7.44 Å². The zero-order chi connectivity index (χ0) is 30.5. The maximum absolute atomic E-state index is 14.5. The van der Waals surface area contributed by atoms with Gasteiger partial charge in [-0.15, -0.1) is 0 Å². The maximum atomic E-state index is 14.5. The van der Waals surface area contributed by atoms with Crippen molar-refractivity contribution in [1.29, 1.82) is 0 Å². The van der Waals surface area contributed by atoms with Gasteiger partial charge in [-0.3, -0.25) is 14.2 Å². The number of carbonyl (C=O) groups is 2. The molecule has 2 heterocycles. The molecule has 0 aliphatic carbocycles. The number of nitrogen functional groups attached to an aromatic ring is 1. The number of nitrogens with zero attached hydrogens (tertiary/aromatic N) is 4. The number of esters is 2. The quantitative estimate of drug-likeness (QED) is 0.206. The van der Waals surface area contributed by atoms with E-state index >= 15 is 0 Å². The Kier molecular flexibility index (Phi) is 11.2. The summed E-state index contributed by atoms with van der Waals surface area (Å²) in [7, 11) is -3.68. The smallest absolute Gasteiger partial charge is 0.326 e. The van der Waals surface area contributed by atoms with E-state index in [0.717, 1.165) is 0 Å². The van der Waals surface area contributed by atoms with Gasteiger partial charge in [-0.1, -0.05) is 13.8 Å². The highest BCUT2D eigenvalue weighted by Gasteiger charge is 2.40. The van der Waals surface area contributed by atoms with Gasteiger partial charge in [0.25, 0.3) is 0 Å². The van der Waals surface area contributed by atoms with E-state index < -0.39 is 36.6 Å². The highest BCUT2D eigenvalue weighted by molar-refractivity contribution is 7.59. The average molecular weight is 584 g/mol. The van der Waals surface area contributed by atoms with Crippen LogP contribution in [0.1, 0.15) is 75.7 Å². The molecule has 13 nitrogen and oxygen atoms in total. The second kappa shape index (κ2) is 13.4. The highest BCUT2D eigenvalue weighted by atomic mass is 31.2. The van der Waals surface area contributed by atoms with Crippen LogP contribution in [0.15, 0.2) is 12.7 Å². The van der Waals surface area contributed by atoms with Crippen LogP contribution in [-0.2, 0) is 34.9 Å². The van der Waals surface area contributed by atoms with E-state index in [2.05, 4.69) is 25.1 Å².